The molecule has 2 nitrogen and oxygen atoms in total. The molecule has 192 valence electrons. The molecule has 0 aliphatic rings. The van der Waals surface area contributed by atoms with Crippen LogP contribution in [0, 0.1) is 19.8 Å². The Kier molecular flexibility index (Phi) is 5.96. The van der Waals surface area contributed by atoms with Crippen molar-refractivity contribution in [3.8, 4) is 21.7 Å². The highest BCUT2D eigenvalue weighted by Gasteiger charge is 2.23. The Labute approximate surface area is 229 Å². The summed E-state index contributed by atoms with van der Waals surface area (Å²) in [4.78, 5) is 6.23. The summed E-state index contributed by atoms with van der Waals surface area (Å²) in [5.41, 5.74) is 8.45. The Hall–Kier alpha value is -3.43. The summed E-state index contributed by atoms with van der Waals surface area (Å²) < 4.78 is 7.57. The highest BCUT2D eigenvalue weighted by atomic mass is 32.1. The van der Waals surface area contributed by atoms with Gasteiger partial charge in [-0.3, -0.25) is 4.98 Å². The summed E-state index contributed by atoms with van der Waals surface area (Å²) in [6.45, 7) is 15.7. The third-order valence-electron chi connectivity index (χ3n) is 7.60. The maximum absolute atomic E-state index is 6.33. The molecule has 3 heterocycles. The number of pyridine rings is 1. The normalized spacial score (nSPS) is 12.4. The fraction of sp³-hybridized carbons (Fsp3) is 0.286. The van der Waals surface area contributed by atoms with Crippen LogP contribution in [-0.2, 0) is 11.8 Å². The van der Waals surface area contributed by atoms with E-state index in [-0.39, 0.29) is 5.41 Å². The fourth-order valence-electron chi connectivity index (χ4n) is 5.80. The zero-order chi connectivity index (χ0) is 26.8. The third kappa shape index (κ3) is 4.14. The first-order valence-corrected chi connectivity index (χ1v) is 14.4. The smallest absolute Gasteiger partial charge is 0.135 e. The molecule has 0 aliphatic heterocycles. The zero-order valence-electron chi connectivity index (χ0n) is 23.4. The van der Waals surface area contributed by atoms with Gasteiger partial charge in [-0.2, -0.15) is 0 Å². The van der Waals surface area contributed by atoms with E-state index in [4.69, 9.17) is 9.40 Å². The van der Waals surface area contributed by atoms with Crippen LogP contribution in [-0.4, -0.2) is 4.98 Å². The van der Waals surface area contributed by atoms with Crippen molar-refractivity contribution in [2.24, 2.45) is 5.92 Å². The third-order valence-corrected chi connectivity index (χ3v) is 8.93. The number of rotatable bonds is 4. The van der Waals surface area contributed by atoms with Crippen LogP contribution in [0.3, 0.4) is 0 Å². The molecule has 38 heavy (non-hydrogen) atoms. The van der Waals surface area contributed by atoms with Gasteiger partial charge in [0.05, 0.1) is 10.4 Å². The number of nitrogens with zero attached hydrogens (tertiary/aromatic N) is 1. The van der Waals surface area contributed by atoms with Crippen LogP contribution in [0.5, 0.6) is 0 Å². The molecular formula is C35H35NOS. The first kappa shape index (κ1) is 24.9. The minimum Gasteiger partial charge on any atom is -0.461 e. The quantitative estimate of drug-likeness (QED) is 0.232. The van der Waals surface area contributed by atoms with E-state index in [1.54, 1.807) is 0 Å². The minimum atomic E-state index is 0.0290. The molecule has 0 atom stereocenters. The number of aromatic nitrogens is 1. The van der Waals surface area contributed by atoms with Crippen molar-refractivity contribution >= 4 is 43.2 Å². The van der Waals surface area contributed by atoms with Gasteiger partial charge < -0.3 is 4.42 Å². The number of fused-ring (bicyclic) bond motifs is 3. The molecule has 3 aromatic carbocycles. The Morgan fingerprint density at radius 1 is 0.895 bits per heavy atom. The number of benzene rings is 3. The second-order valence-electron chi connectivity index (χ2n) is 12.0. The van der Waals surface area contributed by atoms with Crippen molar-refractivity contribution in [3.63, 3.8) is 0 Å². The molecule has 0 saturated carbocycles. The predicted molar refractivity (Wildman–Crippen MR) is 164 cm³/mol. The Bertz CT molecular complexity index is 1830. The van der Waals surface area contributed by atoms with E-state index in [2.05, 4.69) is 109 Å². The molecule has 0 fully saturated rings. The van der Waals surface area contributed by atoms with Gasteiger partial charge in [-0.1, -0.05) is 71.0 Å². The van der Waals surface area contributed by atoms with Gasteiger partial charge >= 0.3 is 0 Å². The van der Waals surface area contributed by atoms with Gasteiger partial charge in [-0.05, 0) is 88.7 Å². The zero-order valence-corrected chi connectivity index (χ0v) is 24.2. The van der Waals surface area contributed by atoms with Crippen LogP contribution < -0.4 is 0 Å². The van der Waals surface area contributed by atoms with Crippen molar-refractivity contribution in [1.82, 2.24) is 4.98 Å². The van der Waals surface area contributed by atoms with E-state index in [9.17, 15) is 0 Å². The van der Waals surface area contributed by atoms with Crippen LogP contribution in [0.4, 0.5) is 0 Å². The van der Waals surface area contributed by atoms with Gasteiger partial charge in [0.2, 0.25) is 0 Å². The predicted octanol–water partition coefficient (Wildman–Crippen LogP) is 10.6. The number of hydrogen-bond donors (Lipinski definition) is 0. The second-order valence-corrected chi connectivity index (χ2v) is 13.1. The van der Waals surface area contributed by atoms with Gasteiger partial charge in [-0.25, -0.2) is 0 Å². The van der Waals surface area contributed by atoms with Gasteiger partial charge in [0.25, 0.3) is 0 Å². The van der Waals surface area contributed by atoms with Gasteiger partial charge in [0.15, 0.2) is 0 Å². The topological polar surface area (TPSA) is 26.0 Å². The number of aryl methyl sites for hydroxylation is 2. The van der Waals surface area contributed by atoms with Crippen molar-refractivity contribution in [2.75, 3.05) is 0 Å². The van der Waals surface area contributed by atoms with Crippen LogP contribution in [0.1, 0.15) is 57.1 Å². The standard InChI is InChI=1S/C35H35NOS/c1-20(2)16-23-12-13-28-30(17-23)37-22(4)31(28)33-21(3)26-14-15-36-32(34(26)38-33)25-18-24-10-8-9-11-27(24)29(19-25)35(5,6)7/h8-15,17-20H,16H2,1-7H3. The van der Waals surface area contributed by atoms with E-state index in [1.165, 1.54) is 58.9 Å². The molecule has 3 heteroatoms. The molecule has 3 aromatic heterocycles. The van der Waals surface area contributed by atoms with Crippen molar-refractivity contribution in [2.45, 2.75) is 60.3 Å². The largest absolute Gasteiger partial charge is 0.461 e. The lowest BCUT2D eigenvalue weighted by molar-refractivity contribution is 0.578. The highest BCUT2D eigenvalue weighted by molar-refractivity contribution is 7.23. The van der Waals surface area contributed by atoms with E-state index in [0.29, 0.717) is 5.92 Å². The van der Waals surface area contributed by atoms with Crippen LogP contribution in [0.25, 0.3) is 53.5 Å². The molecule has 0 bridgehead atoms. The highest BCUT2D eigenvalue weighted by Crippen LogP contribution is 2.46. The summed E-state index contributed by atoms with van der Waals surface area (Å²) in [6, 6.07) is 22.3. The Balaban J connectivity index is 1.56. The molecule has 0 radical (unpaired) electrons. The van der Waals surface area contributed by atoms with E-state index >= 15 is 0 Å². The number of thiophene rings is 1. The molecule has 0 amide bonds. The van der Waals surface area contributed by atoms with Crippen molar-refractivity contribution in [1.29, 1.82) is 0 Å². The molecule has 0 aliphatic carbocycles. The van der Waals surface area contributed by atoms with E-state index in [1.807, 2.05) is 17.5 Å². The summed E-state index contributed by atoms with van der Waals surface area (Å²) in [5, 5.41) is 5.04. The summed E-state index contributed by atoms with van der Waals surface area (Å²) in [7, 11) is 0. The number of hydrogen-bond acceptors (Lipinski definition) is 3. The van der Waals surface area contributed by atoms with Crippen molar-refractivity contribution in [3.05, 3.63) is 89.3 Å². The van der Waals surface area contributed by atoms with Gasteiger partial charge in [-0.15, -0.1) is 11.3 Å². The lowest BCUT2D eigenvalue weighted by Crippen LogP contribution is -2.12. The molecule has 0 unspecified atom stereocenters. The fourth-order valence-corrected chi connectivity index (χ4v) is 7.22. The second kappa shape index (κ2) is 9.10. The monoisotopic (exact) mass is 517 g/mol. The summed E-state index contributed by atoms with van der Waals surface area (Å²) in [5.74, 6) is 1.60. The van der Waals surface area contributed by atoms with Crippen molar-refractivity contribution < 1.29 is 4.42 Å². The Morgan fingerprint density at radius 3 is 2.45 bits per heavy atom. The lowest BCUT2D eigenvalue weighted by Gasteiger charge is -2.22. The maximum atomic E-state index is 6.33. The summed E-state index contributed by atoms with van der Waals surface area (Å²) in [6.07, 6.45) is 3.02. The molecular weight excluding hydrogens is 482 g/mol. The first-order valence-electron chi connectivity index (χ1n) is 13.6. The van der Waals surface area contributed by atoms with Crippen LogP contribution >= 0.6 is 11.3 Å². The molecule has 6 rings (SSSR count). The molecule has 0 N–H and O–H groups in total. The minimum absolute atomic E-state index is 0.0290. The average Bonchev–Trinajstić information content (AvgIpc) is 3.37. The van der Waals surface area contributed by atoms with Crippen LogP contribution in [0.15, 0.2) is 71.3 Å². The number of furan rings is 1. The first-order chi connectivity index (χ1) is 18.1. The molecule has 0 spiro atoms. The van der Waals surface area contributed by atoms with E-state index < -0.39 is 0 Å². The maximum Gasteiger partial charge on any atom is 0.135 e. The van der Waals surface area contributed by atoms with Gasteiger partial charge in [0, 0.05) is 27.6 Å². The lowest BCUT2D eigenvalue weighted by atomic mass is 9.82. The SMILES string of the molecule is Cc1oc2cc(CC(C)C)ccc2c1-c1sc2c(-c3cc(C(C)(C)C)c4ccccc4c3)nccc2c1C. The summed E-state index contributed by atoms with van der Waals surface area (Å²) >= 11 is 1.84. The van der Waals surface area contributed by atoms with E-state index in [0.717, 1.165) is 23.5 Å². The molecule has 0 saturated heterocycles. The molecule has 6 aromatic rings. The Morgan fingerprint density at radius 2 is 1.68 bits per heavy atom. The average molecular weight is 518 g/mol. The van der Waals surface area contributed by atoms with Gasteiger partial charge in [0.1, 0.15) is 11.3 Å². The van der Waals surface area contributed by atoms with Crippen LogP contribution in [0.2, 0.25) is 0 Å².